The molecule has 20 heavy (non-hydrogen) atoms. The quantitative estimate of drug-likeness (QED) is 0.903. The molecule has 0 aliphatic heterocycles. The van der Waals surface area contributed by atoms with E-state index in [0.29, 0.717) is 0 Å². The van der Waals surface area contributed by atoms with Crippen LogP contribution in [0.4, 0.5) is 0 Å². The Hall–Kier alpha value is -1.87. The van der Waals surface area contributed by atoms with Crippen molar-refractivity contribution in [3.63, 3.8) is 0 Å². The maximum absolute atomic E-state index is 6.24. The Kier molecular flexibility index (Phi) is 4.74. The Morgan fingerprint density at radius 1 is 1.15 bits per heavy atom. The molecule has 0 saturated heterocycles. The van der Waals surface area contributed by atoms with Crippen molar-refractivity contribution in [2.24, 2.45) is 5.73 Å². The zero-order chi connectivity index (χ0) is 14.5. The largest absolute Gasteiger partial charge is 0.484 e. The van der Waals surface area contributed by atoms with Gasteiger partial charge >= 0.3 is 0 Å². The van der Waals surface area contributed by atoms with Crippen molar-refractivity contribution in [3.05, 3.63) is 59.4 Å². The summed E-state index contributed by atoms with van der Waals surface area (Å²) in [4.78, 5) is 4.06. The fourth-order valence-electron chi connectivity index (χ4n) is 2.16. The average molecular weight is 270 g/mol. The Morgan fingerprint density at radius 3 is 2.50 bits per heavy atom. The smallest absolute Gasteiger partial charge is 0.139 e. The van der Waals surface area contributed by atoms with Crippen LogP contribution in [0.5, 0.6) is 5.75 Å². The number of hydrogen-bond donors (Lipinski definition) is 1. The first-order valence-electron chi connectivity index (χ1n) is 7.01. The van der Waals surface area contributed by atoms with Crippen molar-refractivity contribution >= 4 is 0 Å². The first-order chi connectivity index (χ1) is 9.63. The summed E-state index contributed by atoms with van der Waals surface area (Å²) in [5.41, 5.74) is 9.69. The topological polar surface area (TPSA) is 48.1 Å². The Morgan fingerprint density at radius 2 is 1.85 bits per heavy atom. The van der Waals surface area contributed by atoms with Gasteiger partial charge < -0.3 is 10.5 Å². The summed E-state index contributed by atoms with van der Waals surface area (Å²) in [5, 5.41) is 0. The van der Waals surface area contributed by atoms with E-state index in [1.807, 2.05) is 24.3 Å². The molecule has 0 radical (unpaired) electrons. The number of benzene rings is 1. The molecule has 3 heteroatoms. The van der Waals surface area contributed by atoms with Crippen LogP contribution < -0.4 is 10.5 Å². The molecule has 0 saturated carbocycles. The molecule has 0 bridgehead atoms. The van der Waals surface area contributed by atoms with Crippen LogP contribution in [-0.2, 0) is 0 Å². The number of hydrogen-bond acceptors (Lipinski definition) is 3. The lowest BCUT2D eigenvalue weighted by Gasteiger charge is -2.25. The van der Waals surface area contributed by atoms with Gasteiger partial charge in [0.25, 0.3) is 0 Å². The van der Waals surface area contributed by atoms with Gasteiger partial charge in [0.2, 0.25) is 0 Å². The summed E-state index contributed by atoms with van der Waals surface area (Å²) >= 11 is 0. The highest BCUT2D eigenvalue weighted by Crippen LogP contribution is 2.28. The highest BCUT2D eigenvalue weighted by molar-refractivity contribution is 5.39. The minimum atomic E-state index is -0.150. The SMILES string of the molecule is CCC(N)C(Oc1cccc(C)c1C)c1ccncc1. The molecule has 2 aromatic rings. The summed E-state index contributed by atoms with van der Waals surface area (Å²) in [5.74, 6) is 0.899. The molecular weight excluding hydrogens is 248 g/mol. The van der Waals surface area contributed by atoms with Gasteiger partial charge in [-0.05, 0) is 55.2 Å². The van der Waals surface area contributed by atoms with Crippen LogP contribution in [0.2, 0.25) is 0 Å². The molecule has 106 valence electrons. The van der Waals surface area contributed by atoms with Gasteiger partial charge in [-0.15, -0.1) is 0 Å². The maximum Gasteiger partial charge on any atom is 0.139 e. The molecule has 2 atom stereocenters. The summed E-state index contributed by atoms with van der Waals surface area (Å²) in [6.07, 6.45) is 4.26. The van der Waals surface area contributed by atoms with Crippen LogP contribution in [0.3, 0.4) is 0 Å². The summed E-state index contributed by atoms with van der Waals surface area (Å²) < 4.78 is 6.21. The minimum absolute atomic E-state index is 0.0442. The second-order valence-corrected chi connectivity index (χ2v) is 5.09. The van der Waals surface area contributed by atoms with Crippen molar-refractivity contribution in [1.29, 1.82) is 0 Å². The van der Waals surface area contributed by atoms with Crippen LogP contribution in [0.25, 0.3) is 0 Å². The standard InChI is InChI=1S/C17H22N2O/c1-4-15(18)17(14-8-10-19-11-9-14)20-16-7-5-6-12(2)13(16)3/h5-11,15,17H,4,18H2,1-3H3. The number of nitrogens with zero attached hydrogens (tertiary/aromatic N) is 1. The van der Waals surface area contributed by atoms with E-state index >= 15 is 0 Å². The third-order valence-corrected chi connectivity index (χ3v) is 3.70. The van der Waals surface area contributed by atoms with Gasteiger partial charge in [0, 0.05) is 18.4 Å². The second-order valence-electron chi connectivity index (χ2n) is 5.09. The van der Waals surface area contributed by atoms with Gasteiger partial charge in [-0.1, -0.05) is 19.1 Å². The zero-order valence-electron chi connectivity index (χ0n) is 12.3. The zero-order valence-corrected chi connectivity index (χ0v) is 12.3. The molecular formula is C17H22N2O. The van der Waals surface area contributed by atoms with Crippen molar-refractivity contribution in [1.82, 2.24) is 4.98 Å². The van der Waals surface area contributed by atoms with E-state index in [-0.39, 0.29) is 12.1 Å². The normalized spacial score (nSPS) is 13.8. The molecule has 0 amide bonds. The van der Waals surface area contributed by atoms with Gasteiger partial charge in [-0.2, -0.15) is 0 Å². The van der Waals surface area contributed by atoms with E-state index in [1.54, 1.807) is 12.4 Å². The molecule has 2 rings (SSSR count). The lowest BCUT2D eigenvalue weighted by Crippen LogP contribution is -2.31. The average Bonchev–Trinajstić information content (AvgIpc) is 2.49. The fraction of sp³-hybridized carbons (Fsp3) is 0.353. The molecule has 1 aromatic carbocycles. The van der Waals surface area contributed by atoms with Gasteiger partial charge in [-0.3, -0.25) is 4.98 Å². The van der Waals surface area contributed by atoms with Crippen LogP contribution in [0.1, 0.15) is 36.1 Å². The molecule has 0 spiro atoms. The molecule has 2 N–H and O–H groups in total. The third kappa shape index (κ3) is 3.17. The number of pyridine rings is 1. The molecule has 0 aliphatic rings. The van der Waals surface area contributed by atoms with Gasteiger partial charge in [0.1, 0.15) is 11.9 Å². The van der Waals surface area contributed by atoms with E-state index in [0.717, 1.165) is 23.3 Å². The van der Waals surface area contributed by atoms with E-state index in [9.17, 15) is 0 Å². The predicted octanol–water partition coefficient (Wildman–Crippen LogP) is 3.56. The van der Waals surface area contributed by atoms with Gasteiger partial charge in [-0.25, -0.2) is 0 Å². The van der Waals surface area contributed by atoms with Crippen LogP contribution in [0, 0.1) is 13.8 Å². The fourth-order valence-corrected chi connectivity index (χ4v) is 2.16. The van der Waals surface area contributed by atoms with Crippen molar-refractivity contribution < 1.29 is 4.74 Å². The second kappa shape index (κ2) is 6.53. The summed E-state index contributed by atoms with van der Waals surface area (Å²) in [7, 11) is 0. The summed E-state index contributed by atoms with van der Waals surface area (Å²) in [6.45, 7) is 6.24. The predicted molar refractivity (Wildman–Crippen MR) is 81.8 cm³/mol. The molecule has 0 fully saturated rings. The van der Waals surface area contributed by atoms with E-state index < -0.39 is 0 Å². The monoisotopic (exact) mass is 270 g/mol. The highest BCUT2D eigenvalue weighted by atomic mass is 16.5. The molecule has 1 aromatic heterocycles. The number of ether oxygens (including phenoxy) is 1. The van der Waals surface area contributed by atoms with Crippen molar-refractivity contribution in [3.8, 4) is 5.75 Å². The Labute approximate surface area is 120 Å². The number of aromatic nitrogens is 1. The maximum atomic E-state index is 6.24. The van der Waals surface area contributed by atoms with Crippen molar-refractivity contribution in [2.45, 2.75) is 39.3 Å². The van der Waals surface area contributed by atoms with E-state index in [1.165, 1.54) is 5.56 Å². The molecule has 3 nitrogen and oxygen atoms in total. The van der Waals surface area contributed by atoms with Crippen molar-refractivity contribution in [2.75, 3.05) is 0 Å². The van der Waals surface area contributed by atoms with Crippen LogP contribution in [0.15, 0.2) is 42.7 Å². The third-order valence-electron chi connectivity index (χ3n) is 3.70. The lowest BCUT2D eigenvalue weighted by molar-refractivity contribution is 0.169. The van der Waals surface area contributed by atoms with Crippen LogP contribution >= 0.6 is 0 Å². The Bertz CT molecular complexity index is 554. The van der Waals surface area contributed by atoms with E-state index in [4.69, 9.17) is 10.5 Å². The number of aryl methyl sites for hydroxylation is 1. The minimum Gasteiger partial charge on any atom is -0.484 e. The molecule has 2 unspecified atom stereocenters. The molecule has 1 heterocycles. The van der Waals surface area contributed by atoms with E-state index in [2.05, 4.69) is 31.8 Å². The molecule has 0 aliphatic carbocycles. The van der Waals surface area contributed by atoms with Gasteiger partial charge in [0.05, 0.1) is 0 Å². The number of nitrogens with two attached hydrogens (primary N) is 1. The van der Waals surface area contributed by atoms with Gasteiger partial charge in [0.15, 0.2) is 0 Å². The first kappa shape index (κ1) is 14.5. The highest BCUT2D eigenvalue weighted by Gasteiger charge is 2.21. The summed E-state index contributed by atoms with van der Waals surface area (Å²) in [6, 6.07) is 9.98. The Balaban J connectivity index is 2.31. The lowest BCUT2D eigenvalue weighted by atomic mass is 10.0. The number of rotatable bonds is 5. The van der Waals surface area contributed by atoms with Crippen LogP contribution in [-0.4, -0.2) is 11.0 Å². The first-order valence-corrected chi connectivity index (χ1v) is 7.01.